The van der Waals surface area contributed by atoms with Gasteiger partial charge in [0.2, 0.25) is 0 Å². The summed E-state index contributed by atoms with van der Waals surface area (Å²) in [5.41, 5.74) is -0.874. The van der Waals surface area contributed by atoms with Crippen molar-refractivity contribution >= 4 is 41.0 Å². The van der Waals surface area contributed by atoms with Gasteiger partial charge in [0.25, 0.3) is 0 Å². The maximum atomic E-state index is 12.4. The molecule has 0 saturated heterocycles. The first kappa shape index (κ1) is 16.9. The molecule has 0 saturated carbocycles. The van der Waals surface area contributed by atoms with E-state index in [4.69, 9.17) is 0 Å². The molecular weight excluding hydrogens is 362 g/mol. The number of hydrogen-bond acceptors (Lipinski definition) is 2. The van der Waals surface area contributed by atoms with Gasteiger partial charge in [0.1, 0.15) is 0 Å². The van der Waals surface area contributed by atoms with E-state index in [1.807, 2.05) is 0 Å². The predicted octanol–water partition coefficient (Wildman–Crippen LogP) is -0.864. The summed E-state index contributed by atoms with van der Waals surface area (Å²) in [6, 6.07) is 3.14. The molecule has 1 aromatic rings. The Morgan fingerprint density at radius 3 is 2.31 bits per heavy atom. The van der Waals surface area contributed by atoms with Crippen molar-refractivity contribution in [2.24, 2.45) is 0 Å². The Morgan fingerprint density at radius 1 is 1.31 bits per heavy atom. The second kappa shape index (κ2) is 6.74. The molecule has 0 aliphatic carbocycles. The molecule has 0 heterocycles. The fourth-order valence-electron chi connectivity index (χ4n) is 1.04. The Balaban J connectivity index is 0.00000225. The van der Waals surface area contributed by atoms with E-state index in [0.717, 1.165) is 19.2 Å². The van der Waals surface area contributed by atoms with Crippen LogP contribution in [0.4, 0.5) is 12.9 Å². The van der Waals surface area contributed by atoms with Crippen molar-refractivity contribution < 1.29 is 73.9 Å². The molecule has 16 heavy (non-hydrogen) atoms. The van der Waals surface area contributed by atoms with Crippen molar-refractivity contribution in [3.8, 4) is 0 Å². The van der Waals surface area contributed by atoms with Crippen LogP contribution in [0.25, 0.3) is 0 Å². The van der Waals surface area contributed by atoms with E-state index in [1.165, 1.54) is 6.07 Å². The second-order valence-electron chi connectivity index (χ2n) is 2.84. The smallest absolute Gasteiger partial charge is 0.465 e. The molecule has 0 aromatic heterocycles. The molecule has 82 valence electrons. The molecule has 0 radical (unpaired) electrons. The molecular formula is C8H6BF3IKO2. The van der Waals surface area contributed by atoms with Crippen LogP contribution in [0.15, 0.2) is 18.2 Å². The number of carbonyl (C=O) groups is 1. The third-order valence-electron chi connectivity index (χ3n) is 1.72. The number of rotatable bonds is 2. The SMILES string of the molecule is COC(=O)c1cc(I)cc([B-](F)(F)F)c1.[K+]. The minimum atomic E-state index is -5.09. The summed E-state index contributed by atoms with van der Waals surface area (Å²) in [6.45, 7) is -5.09. The quantitative estimate of drug-likeness (QED) is 0.386. The average Bonchev–Trinajstić information content (AvgIpc) is 2.14. The van der Waals surface area contributed by atoms with Gasteiger partial charge in [-0.3, -0.25) is 0 Å². The summed E-state index contributed by atoms with van der Waals surface area (Å²) in [5, 5.41) is 0. The summed E-state index contributed by atoms with van der Waals surface area (Å²) >= 11 is 1.72. The van der Waals surface area contributed by atoms with Crippen LogP contribution in [0.1, 0.15) is 10.4 Å². The first-order chi connectivity index (χ1) is 6.84. The van der Waals surface area contributed by atoms with Crippen LogP contribution < -0.4 is 56.8 Å². The molecule has 0 amide bonds. The van der Waals surface area contributed by atoms with Crippen LogP contribution >= 0.6 is 22.6 Å². The first-order valence-corrected chi connectivity index (χ1v) is 5.01. The van der Waals surface area contributed by atoms with Crippen molar-refractivity contribution in [3.63, 3.8) is 0 Å². The van der Waals surface area contributed by atoms with Gasteiger partial charge >= 0.3 is 64.3 Å². The maximum Gasteiger partial charge on any atom is 1.00 e. The van der Waals surface area contributed by atoms with E-state index >= 15 is 0 Å². The minimum Gasteiger partial charge on any atom is -0.465 e. The Hall–Kier alpha value is 0.911. The number of benzene rings is 1. The van der Waals surface area contributed by atoms with E-state index in [1.54, 1.807) is 22.6 Å². The normalized spacial score (nSPS) is 10.6. The van der Waals surface area contributed by atoms with E-state index in [9.17, 15) is 17.7 Å². The third-order valence-corrected chi connectivity index (χ3v) is 2.34. The molecule has 1 aromatic carbocycles. The molecule has 0 spiro atoms. The molecule has 1 rings (SSSR count). The van der Waals surface area contributed by atoms with E-state index in [2.05, 4.69) is 4.74 Å². The number of hydrogen-bond donors (Lipinski definition) is 0. The Bertz CT molecular complexity index is 397. The van der Waals surface area contributed by atoms with Gasteiger partial charge in [0.15, 0.2) is 0 Å². The van der Waals surface area contributed by atoms with Gasteiger partial charge < -0.3 is 17.7 Å². The van der Waals surface area contributed by atoms with Gasteiger partial charge in [0, 0.05) is 3.57 Å². The summed E-state index contributed by atoms with van der Waals surface area (Å²) in [4.78, 5) is 11.1. The van der Waals surface area contributed by atoms with E-state index < -0.39 is 18.4 Å². The van der Waals surface area contributed by atoms with Crippen molar-refractivity contribution in [1.82, 2.24) is 0 Å². The third kappa shape index (κ3) is 4.65. The van der Waals surface area contributed by atoms with Crippen molar-refractivity contribution in [3.05, 3.63) is 27.3 Å². The zero-order valence-corrected chi connectivity index (χ0v) is 13.9. The Kier molecular flexibility index (Phi) is 7.12. The molecule has 0 N–H and O–H groups in total. The summed E-state index contributed by atoms with van der Waals surface area (Å²) in [6.07, 6.45) is 0. The zero-order chi connectivity index (χ0) is 11.6. The fourth-order valence-corrected chi connectivity index (χ4v) is 1.73. The van der Waals surface area contributed by atoms with Crippen LogP contribution in [-0.4, -0.2) is 20.1 Å². The standard InChI is InChI=1S/C8H6BF3IO2.K/c1-15-8(14)5-2-6(9(10,11)12)4-7(13)3-5;/h2-4H,1H3;/q-1;+1. The summed E-state index contributed by atoms with van der Waals surface area (Å²) < 4.78 is 42.0. The molecule has 0 unspecified atom stereocenters. The van der Waals surface area contributed by atoms with Crippen LogP contribution in [0.5, 0.6) is 0 Å². The maximum absolute atomic E-state index is 12.4. The molecule has 0 bridgehead atoms. The van der Waals surface area contributed by atoms with Crippen molar-refractivity contribution in [2.45, 2.75) is 0 Å². The van der Waals surface area contributed by atoms with Gasteiger partial charge in [-0.15, -0.1) is 5.46 Å². The van der Waals surface area contributed by atoms with Crippen LogP contribution in [0, 0.1) is 3.57 Å². The zero-order valence-electron chi connectivity index (χ0n) is 8.64. The topological polar surface area (TPSA) is 26.3 Å². The van der Waals surface area contributed by atoms with Gasteiger partial charge in [0.05, 0.1) is 12.7 Å². The Labute approximate surface area is 147 Å². The predicted molar refractivity (Wildman–Crippen MR) is 59.2 cm³/mol. The molecule has 2 nitrogen and oxygen atoms in total. The number of halogens is 4. The molecule has 8 heteroatoms. The van der Waals surface area contributed by atoms with Gasteiger partial charge in [-0.2, -0.15) is 0 Å². The van der Waals surface area contributed by atoms with Gasteiger partial charge in [-0.1, -0.05) is 12.1 Å². The van der Waals surface area contributed by atoms with Crippen LogP contribution in [0.2, 0.25) is 0 Å². The van der Waals surface area contributed by atoms with E-state index in [-0.39, 0.29) is 56.9 Å². The summed E-state index contributed by atoms with van der Waals surface area (Å²) in [7, 11) is 1.13. The van der Waals surface area contributed by atoms with Crippen molar-refractivity contribution in [1.29, 1.82) is 0 Å². The van der Waals surface area contributed by atoms with Crippen LogP contribution in [0.3, 0.4) is 0 Å². The minimum absolute atomic E-state index is 0. The number of methoxy groups -OCH3 is 1. The summed E-state index contributed by atoms with van der Waals surface area (Å²) in [5.74, 6) is -0.769. The largest absolute Gasteiger partial charge is 1.00 e. The molecule has 0 aliphatic rings. The van der Waals surface area contributed by atoms with Gasteiger partial charge in [-0.05, 0) is 28.7 Å². The Morgan fingerprint density at radius 2 is 1.88 bits per heavy atom. The number of ether oxygens (including phenoxy) is 1. The molecule has 0 aliphatic heterocycles. The van der Waals surface area contributed by atoms with Crippen LogP contribution in [-0.2, 0) is 4.74 Å². The van der Waals surface area contributed by atoms with E-state index in [0.29, 0.717) is 3.57 Å². The molecule has 0 fully saturated rings. The number of esters is 1. The average molecular weight is 368 g/mol. The molecule has 0 atom stereocenters. The van der Waals surface area contributed by atoms with Gasteiger partial charge in [-0.25, -0.2) is 4.79 Å². The number of carbonyl (C=O) groups excluding carboxylic acids is 1. The first-order valence-electron chi connectivity index (χ1n) is 3.93. The monoisotopic (exact) mass is 368 g/mol. The fraction of sp³-hybridized carbons (Fsp3) is 0.125. The second-order valence-corrected chi connectivity index (χ2v) is 4.09. The van der Waals surface area contributed by atoms with Crippen molar-refractivity contribution in [2.75, 3.05) is 7.11 Å².